The van der Waals surface area contributed by atoms with Crippen molar-refractivity contribution in [1.82, 2.24) is 4.90 Å². The fraction of sp³-hybridized carbons (Fsp3) is 0.692. The summed E-state index contributed by atoms with van der Waals surface area (Å²) in [5.74, 6) is 0. The lowest BCUT2D eigenvalue weighted by Crippen LogP contribution is -2.43. The second-order valence-electron chi connectivity index (χ2n) is 4.46. The minimum Gasteiger partial charge on any atom is -0.326 e. The summed E-state index contributed by atoms with van der Waals surface area (Å²) in [5.41, 5.74) is 6.29. The molecule has 0 spiro atoms. The van der Waals surface area contributed by atoms with E-state index >= 15 is 0 Å². The van der Waals surface area contributed by atoms with Crippen LogP contribution in [0.4, 0.5) is 0 Å². The molecule has 16 heavy (non-hydrogen) atoms. The van der Waals surface area contributed by atoms with Crippen LogP contribution in [0.3, 0.4) is 0 Å². The molecule has 0 aliphatic heterocycles. The minimum atomic E-state index is 0.223. The van der Waals surface area contributed by atoms with E-state index in [-0.39, 0.29) is 6.04 Å². The van der Waals surface area contributed by atoms with Crippen molar-refractivity contribution in [3.63, 3.8) is 0 Å². The SMILES string of the molecule is CCC(N)C(c1cccs1)N(CC)C(C)C. The van der Waals surface area contributed by atoms with Crippen molar-refractivity contribution in [3.05, 3.63) is 22.4 Å². The maximum absolute atomic E-state index is 6.29. The molecule has 0 bridgehead atoms. The molecule has 0 saturated carbocycles. The zero-order valence-electron chi connectivity index (χ0n) is 10.8. The topological polar surface area (TPSA) is 29.3 Å². The fourth-order valence-electron chi connectivity index (χ4n) is 2.19. The molecule has 0 saturated heterocycles. The lowest BCUT2D eigenvalue weighted by Gasteiger charge is -2.36. The van der Waals surface area contributed by atoms with Crippen LogP contribution in [0, 0.1) is 0 Å². The van der Waals surface area contributed by atoms with Crippen LogP contribution in [0.25, 0.3) is 0 Å². The largest absolute Gasteiger partial charge is 0.326 e. The molecule has 2 nitrogen and oxygen atoms in total. The quantitative estimate of drug-likeness (QED) is 0.827. The molecule has 0 amide bonds. The molecule has 1 aromatic rings. The van der Waals surface area contributed by atoms with E-state index in [4.69, 9.17) is 5.73 Å². The van der Waals surface area contributed by atoms with Gasteiger partial charge < -0.3 is 5.73 Å². The average Bonchev–Trinajstić information content (AvgIpc) is 2.77. The molecule has 2 atom stereocenters. The van der Waals surface area contributed by atoms with Crippen molar-refractivity contribution >= 4 is 11.3 Å². The van der Waals surface area contributed by atoms with E-state index in [1.807, 2.05) is 11.3 Å². The van der Waals surface area contributed by atoms with Gasteiger partial charge in [0.2, 0.25) is 0 Å². The Morgan fingerprint density at radius 2 is 2.06 bits per heavy atom. The van der Waals surface area contributed by atoms with Crippen LogP contribution in [-0.2, 0) is 0 Å². The summed E-state index contributed by atoms with van der Waals surface area (Å²) in [7, 11) is 0. The van der Waals surface area contributed by atoms with Crippen LogP contribution in [0.2, 0.25) is 0 Å². The molecule has 0 fully saturated rings. The van der Waals surface area contributed by atoms with Gasteiger partial charge in [0.15, 0.2) is 0 Å². The summed E-state index contributed by atoms with van der Waals surface area (Å²) >= 11 is 1.81. The van der Waals surface area contributed by atoms with E-state index < -0.39 is 0 Å². The van der Waals surface area contributed by atoms with Gasteiger partial charge in [-0.2, -0.15) is 0 Å². The number of rotatable bonds is 6. The Balaban J connectivity index is 2.95. The first-order valence-corrected chi connectivity index (χ1v) is 7.04. The van der Waals surface area contributed by atoms with Gasteiger partial charge >= 0.3 is 0 Å². The Morgan fingerprint density at radius 3 is 2.44 bits per heavy atom. The molecule has 2 unspecified atom stereocenters. The zero-order chi connectivity index (χ0) is 12.1. The summed E-state index contributed by atoms with van der Waals surface area (Å²) in [6.45, 7) is 9.91. The third kappa shape index (κ3) is 3.06. The van der Waals surface area contributed by atoms with Gasteiger partial charge in [-0.15, -0.1) is 11.3 Å². The first-order valence-electron chi connectivity index (χ1n) is 6.16. The van der Waals surface area contributed by atoms with Gasteiger partial charge in [0, 0.05) is 17.0 Å². The molecule has 0 aliphatic carbocycles. The first-order chi connectivity index (χ1) is 7.61. The summed E-state index contributed by atoms with van der Waals surface area (Å²) in [5, 5.41) is 2.14. The summed E-state index contributed by atoms with van der Waals surface area (Å²) in [4.78, 5) is 3.88. The van der Waals surface area contributed by atoms with E-state index in [2.05, 4.69) is 50.1 Å². The van der Waals surface area contributed by atoms with E-state index in [9.17, 15) is 0 Å². The number of hydrogen-bond donors (Lipinski definition) is 1. The molecular weight excluding hydrogens is 216 g/mol. The number of hydrogen-bond acceptors (Lipinski definition) is 3. The van der Waals surface area contributed by atoms with Crippen LogP contribution in [-0.4, -0.2) is 23.5 Å². The van der Waals surface area contributed by atoms with Crippen LogP contribution in [0.15, 0.2) is 17.5 Å². The van der Waals surface area contributed by atoms with Crippen molar-refractivity contribution in [2.45, 2.75) is 52.2 Å². The third-order valence-electron chi connectivity index (χ3n) is 3.10. The highest BCUT2D eigenvalue weighted by Gasteiger charge is 2.27. The maximum Gasteiger partial charge on any atom is 0.0595 e. The Morgan fingerprint density at radius 1 is 1.38 bits per heavy atom. The van der Waals surface area contributed by atoms with E-state index in [1.54, 1.807) is 0 Å². The van der Waals surface area contributed by atoms with Crippen LogP contribution in [0.1, 0.15) is 45.0 Å². The molecule has 2 N–H and O–H groups in total. The second-order valence-corrected chi connectivity index (χ2v) is 5.44. The Kier molecular flexibility index (Phi) is 5.46. The lowest BCUT2D eigenvalue weighted by atomic mass is 10.0. The first kappa shape index (κ1) is 13.7. The minimum absolute atomic E-state index is 0.223. The highest BCUT2D eigenvalue weighted by molar-refractivity contribution is 7.10. The van der Waals surface area contributed by atoms with Gasteiger partial charge in [0.25, 0.3) is 0 Å². The van der Waals surface area contributed by atoms with Crippen molar-refractivity contribution in [1.29, 1.82) is 0 Å². The molecule has 1 rings (SSSR count). The Bertz CT molecular complexity index is 282. The van der Waals surface area contributed by atoms with Gasteiger partial charge in [-0.1, -0.05) is 19.9 Å². The van der Waals surface area contributed by atoms with Crippen LogP contribution in [0.5, 0.6) is 0 Å². The number of thiophene rings is 1. The van der Waals surface area contributed by atoms with Crippen molar-refractivity contribution < 1.29 is 0 Å². The van der Waals surface area contributed by atoms with Crippen LogP contribution >= 0.6 is 11.3 Å². The lowest BCUT2D eigenvalue weighted by molar-refractivity contribution is 0.140. The smallest absolute Gasteiger partial charge is 0.0595 e. The van der Waals surface area contributed by atoms with Gasteiger partial charge in [-0.25, -0.2) is 0 Å². The molecule has 0 aromatic carbocycles. The molecule has 3 heteroatoms. The Hall–Kier alpha value is -0.380. The molecule has 92 valence electrons. The fourth-order valence-corrected chi connectivity index (χ4v) is 3.11. The van der Waals surface area contributed by atoms with Crippen molar-refractivity contribution in [3.8, 4) is 0 Å². The van der Waals surface area contributed by atoms with Gasteiger partial charge in [0.1, 0.15) is 0 Å². The van der Waals surface area contributed by atoms with Crippen molar-refractivity contribution in [2.75, 3.05) is 6.54 Å². The van der Waals surface area contributed by atoms with Gasteiger partial charge in [-0.05, 0) is 38.3 Å². The van der Waals surface area contributed by atoms with Crippen LogP contribution < -0.4 is 5.73 Å². The highest BCUT2D eigenvalue weighted by atomic mass is 32.1. The predicted octanol–water partition coefficient (Wildman–Crippen LogP) is 3.26. The Labute approximate surface area is 103 Å². The number of likely N-dealkylation sites (N-methyl/N-ethyl adjacent to an activating group) is 1. The van der Waals surface area contributed by atoms with E-state index in [0.717, 1.165) is 13.0 Å². The summed E-state index contributed by atoms with van der Waals surface area (Å²) in [6.07, 6.45) is 1.02. The zero-order valence-corrected chi connectivity index (χ0v) is 11.6. The molecule has 1 heterocycles. The number of nitrogens with two attached hydrogens (primary N) is 1. The second kappa shape index (κ2) is 6.38. The standard InChI is InChI=1S/C13H24N2S/c1-5-11(14)13(12-8-7-9-16-12)15(6-2)10(3)4/h7-11,13H,5-6,14H2,1-4H3. The number of nitrogens with zero attached hydrogens (tertiary/aromatic N) is 1. The van der Waals surface area contributed by atoms with Gasteiger partial charge in [-0.3, -0.25) is 4.90 Å². The summed E-state index contributed by atoms with van der Waals surface area (Å²) < 4.78 is 0. The highest BCUT2D eigenvalue weighted by Crippen LogP contribution is 2.29. The monoisotopic (exact) mass is 240 g/mol. The predicted molar refractivity (Wildman–Crippen MR) is 72.8 cm³/mol. The maximum atomic E-state index is 6.29. The normalized spacial score (nSPS) is 15.7. The molecular formula is C13H24N2S. The van der Waals surface area contributed by atoms with Gasteiger partial charge in [0.05, 0.1) is 6.04 Å². The molecule has 1 aromatic heterocycles. The van der Waals surface area contributed by atoms with E-state index in [1.165, 1.54) is 4.88 Å². The van der Waals surface area contributed by atoms with Crippen molar-refractivity contribution in [2.24, 2.45) is 5.73 Å². The third-order valence-corrected chi connectivity index (χ3v) is 4.04. The van der Waals surface area contributed by atoms with E-state index in [0.29, 0.717) is 12.1 Å². The summed E-state index contributed by atoms with van der Waals surface area (Å²) in [6, 6.07) is 5.45. The average molecular weight is 240 g/mol. The molecule has 0 radical (unpaired) electrons. The molecule has 0 aliphatic rings.